The Balaban J connectivity index is 2.12. The van der Waals surface area contributed by atoms with Crippen molar-refractivity contribution in [3.63, 3.8) is 0 Å². The van der Waals surface area contributed by atoms with E-state index in [0.29, 0.717) is 0 Å². The van der Waals surface area contributed by atoms with Crippen molar-refractivity contribution in [1.29, 1.82) is 0 Å². The van der Waals surface area contributed by atoms with E-state index < -0.39 is 0 Å². The summed E-state index contributed by atoms with van der Waals surface area (Å²) in [6, 6.07) is 13.7. The second-order valence-electron chi connectivity index (χ2n) is 5.59. The highest BCUT2D eigenvalue weighted by atomic mass is 19.1. The maximum Gasteiger partial charge on any atom is 0.123 e. The minimum absolute atomic E-state index is 0.113. The molecule has 0 radical (unpaired) electrons. The molecule has 0 saturated heterocycles. The van der Waals surface area contributed by atoms with Gasteiger partial charge in [0.05, 0.1) is 0 Å². The standard InChI is InChI=1S/C18H22FN/c1-12-8-13(2)10-17(9-12)15(4)20-14(3)16-6-5-7-18(19)11-16/h5-11,14-15,20H,1-4H3. The summed E-state index contributed by atoms with van der Waals surface area (Å²) in [5.74, 6) is -0.185. The fraction of sp³-hybridized carbons (Fsp3) is 0.333. The number of halogens is 1. The van der Waals surface area contributed by atoms with E-state index in [-0.39, 0.29) is 17.9 Å². The first kappa shape index (κ1) is 14.7. The Morgan fingerprint density at radius 2 is 1.45 bits per heavy atom. The van der Waals surface area contributed by atoms with Crippen molar-refractivity contribution < 1.29 is 4.39 Å². The van der Waals surface area contributed by atoms with Crippen molar-refractivity contribution in [2.75, 3.05) is 0 Å². The maximum absolute atomic E-state index is 13.3. The Labute approximate surface area is 120 Å². The molecule has 1 nitrogen and oxygen atoms in total. The van der Waals surface area contributed by atoms with Crippen molar-refractivity contribution >= 4 is 0 Å². The van der Waals surface area contributed by atoms with Crippen LogP contribution in [0.15, 0.2) is 42.5 Å². The normalized spacial score (nSPS) is 14.1. The van der Waals surface area contributed by atoms with Crippen LogP contribution in [0.5, 0.6) is 0 Å². The Morgan fingerprint density at radius 1 is 0.850 bits per heavy atom. The summed E-state index contributed by atoms with van der Waals surface area (Å²) in [7, 11) is 0. The van der Waals surface area contributed by atoms with Crippen molar-refractivity contribution in [1.82, 2.24) is 5.32 Å². The van der Waals surface area contributed by atoms with Crippen LogP contribution in [-0.2, 0) is 0 Å². The van der Waals surface area contributed by atoms with Gasteiger partial charge in [-0.25, -0.2) is 4.39 Å². The molecular formula is C18H22FN. The number of benzene rings is 2. The first-order chi connectivity index (χ1) is 9.45. The molecule has 0 saturated carbocycles. The van der Waals surface area contributed by atoms with E-state index in [9.17, 15) is 4.39 Å². The maximum atomic E-state index is 13.3. The monoisotopic (exact) mass is 271 g/mol. The number of aryl methyl sites for hydroxylation is 2. The second kappa shape index (κ2) is 6.19. The minimum Gasteiger partial charge on any atom is -0.304 e. The van der Waals surface area contributed by atoms with E-state index in [4.69, 9.17) is 0 Å². The Kier molecular flexibility index (Phi) is 4.56. The van der Waals surface area contributed by atoms with Crippen molar-refractivity contribution in [3.05, 3.63) is 70.5 Å². The molecule has 2 heteroatoms. The average molecular weight is 271 g/mol. The molecule has 0 aliphatic rings. The lowest BCUT2D eigenvalue weighted by atomic mass is 10.0. The van der Waals surface area contributed by atoms with Crippen molar-refractivity contribution in [3.8, 4) is 0 Å². The molecule has 106 valence electrons. The molecule has 2 unspecified atom stereocenters. The fourth-order valence-electron chi connectivity index (χ4n) is 2.60. The summed E-state index contributed by atoms with van der Waals surface area (Å²) in [4.78, 5) is 0. The van der Waals surface area contributed by atoms with E-state index in [1.165, 1.54) is 22.8 Å². The Hall–Kier alpha value is -1.67. The molecule has 0 fully saturated rings. The first-order valence-electron chi connectivity index (χ1n) is 7.05. The van der Waals surface area contributed by atoms with E-state index in [0.717, 1.165) is 5.56 Å². The van der Waals surface area contributed by atoms with Crippen LogP contribution in [-0.4, -0.2) is 0 Å². The van der Waals surface area contributed by atoms with Gasteiger partial charge < -0.3 is 5.32 Å². The molecular weight excluding hydrogens is 249 g/mol. The third-order valence-corrected chi connectivity index (χ3v) is 3.59. The van der Waals surface area contributed by atoms with Crippen LogP contribution in [0.25, 0.3) is 0 Å². The van der Waals surface area contributed by atoms with Gasteiger partial charge in [-0.05, 0) is 51.0 Å². The van der Waals surface area contributed by atoms with Crippen LogP contribution in [0.2, 0.25) is 0 Å². The molecule has 2 aromatic carbocycles. The predicted octanol–water partition coefficient (Wildman–Crippen LogP) is 4.85. The van der Waals surface area contributed by atoms with Crippen molar-refractivity contribution in [2.24, 2.45) is 0 Å². The summed E-state index contributed by atoms with van der Waals surface area (Å²) in [6.45, 7) is 8.43. The summed E-state index contributed by atoms with van der Waals surface area (Å²) < 4.78 is 13.3. The fourth-order valence-corrected chi connectivity index (χ4v) is 2.60. The summed E-state index contributed by atoms with van der Waals surface area (Å²) >= 11 is 0. The van der Waals surface area contributed by atoms with Crippen LogP contribution in [0.1, 0.15) is 48.2 Å². The van der Waals surface area contributed by atoms with Gasteiger partial charge in [0.1, 0.15) is 5.82 Å². The molecule has 0 aliphatic heterocycles. The number of hydrogen-bond donors (Lipinski definition) is 1. The van der Waals surface area contributed by atoms with Crippen LogP contribution in [0.3, 0.4) is 0 Å². The Bertz CT molecular complexity index is 571. The molecule has 0 aliphatic carbocycles. The molecule has 1 N–H and O–H groups in total. The lowest BCUT2D eigenvalue weighted by Crippen LogP contribution is -2.22. The molecule has 2 rings (SSSR count). The molecule has 0 bridgehead atoms. The largest absolute Gasteiger partial charge is 0.304 e. The third-order valence-electron chi connectivity index (χ3n) is 3.59. The summed E-state index contributed by atoms with van der Waals surface area (Å²) in [5.41, 5.74) is 4.78. The quantitative estimate of drug-likeness (QED) is 0.837. The van der Waals surface area contributed by atoms with Gasteiger partial charge >= 0.3 is 0 Å². The highest BCUT2D eigenvalue weighted by molar-refractivity contribution is 5.31. The summed E-state index contributed by atoms with van der Waals surface area (Å²) in [6.07, 6.45) is 0. The Morgan fingerprint density at radius 3 is 2.05 bits per heavy atom. The highest BCUT2D eigenvalue weighted by Gasteiger charge is 2.12. The van der Waals surface area contributed by atoms with Crippen LogP contribution < -0.4 is 5.32 Å². The molecule has 0 spiro atoms. The SMILES string of the molecule is Cc1cc(C)cc(C(C)NC(C)c2cccc(F)c2)c1. The summed E-state index contributed by atoms with van der Waals surface area (Å²) in [5, 5.41) is 3.53. The van der Waals surface area contributed by atoms with Crippen molar-refractivity contribution in [2.45, 2.75) is 39.8 Å². The van der Waals surface area contributed by atoms with Gasteiger partial charge in [0.2, 0.25) is 0 Å². The van der Waals surface area contributed by atoms with Crippen LogP contribution in [0.4, 0.5) is 4.39 Å². The number of hydrogen-bond acceptors (Lipinski definition) is 1. The van der Waals surface area contributed by atoms with Crippen LogP contribution >= 0.6 is 0 Å². The van der Waals surface area contributed by atoms with Gasteiger partial charge in [0.25, 0.3) is 0 Å². The van der Waals surface area contributed by atoms with E-state index in [1.54, 1.807) is 12.1 Å². The lowest BCUT2D eigenvalue weighted by molar-refractivity contribution is 0.491. The molecule has 2 aromatic rings. The van der Waals surface area contributed by atoms with Gasteiger partial charge in [-0.2, -0.15) is 0 Å². The second-order valence-corrected chi connectivity index (χ2v) is 5.59. The topological polar surface area (TPSA) is 12.0 Å². The minimum atomic E-state index is -0.185. The smallest absolute Gasteiger partial charge is 0.123 e. The zero-order valence-electron chi connectivity index (χ0n) is 12.6. The zero-order valence-corrected chi connectivity index (χ0v) is 12.6. The predicted molar refractivity (Wildman–Crippen MR) is 82.3 cm³/mol. The zero-order chi connectivity index (χ0) is 14.7. The van der Waals surface area contributed by atoms with E-state index >= 15 is 0 Å². The molecule has 2 atom stereocenters. The average Bonchev–Trinajstić information content (AvgIpc) is 2.37. The first-order valence-corrected chi connectivity index (χ1v) is 7.05. The molecule has 0 amide bonds. The van der Waals surface area contributed by atoms with Crippen LogP contribution in [0, 0.1) is 19.7 Å². The molecule has 0 aromatic heterocycles. The van der Waals surface area contributed by atoms with Gasteiger partial charge in [-0.1, -0.05) is 41.5 Å². The van der Waals surface area contributed by atoms with Gasteiger partial charge in [-0.3, -0.25) is 0 Å². The lowest BCUT2D eigenvalue weighted by Gasteiger charge is -2.21. The van der Waals surface area contributed by atoms with E-state index in [2.05, 4.69) is 51.2 Å². The number of rotatable bonds is 4. The van der Waals surface area contributed by atoms with Gasteiger partial charge in [0.15, 0.2) is 0 Å². The van der Waals surface area contributed by atoms with E-state index in [1.807, 2.05) is 6.07 Å². The van der Waals surface area contributed by atoms with Gasteiger partial charge in [-0.15, -0.1) is 0 Å². The number of nitrogens with one attached hydrogen (secondary N) is 1. The highest BCUT2D eigenvalue weighted by Crippen LogP contribution is 2.21. The van der Waals surface area contributed by atoms with Gasteiger partial charge in [0, 0.05) is 12.1 Å². The molecule has 0 heterocycles. The third kappa shape index (κ3) is 3.67. The molecule has 20 heavy (non-hydrogen) atoms.